The summed E-state index contributed by atoms with van der Waals surface area (Å²) in [6.07, 6.45) is 2.79. The second kappa shape index (κ2) is 19.1. The van der Waals surface area contributed by atoms with Gasteiger partial charge in [0.1, 0.15) is 25.1 Å². The van der Waals surface area contributed by atoms with Gasteiger partial charge in [0.25, 0.3) is 0 Å². The highest BCUT2D eigenvalue weighted by atomic mass is 16.5. The van der Waals surface area contributed by atoms with Crippen molar-refractivity contribution in [2.45, 2.75) is 0 Å². The first kappa shape index (κ1) is 36.0. The summed E-state index contributed by atoms with van der Waals surface area (Å²) in [5, 5.41) is 36.4. The quantitative estimate of drug-likeness (QED) is 0.200. The summed E-state index contributed by atoms with van der Waals surface area (Å²) in [7, 11) is 5.74. The first-order valence-corrected chi connectivity index (χ1v) is 12.4. The molecule has 0 atom stereocenters. The molecule has 0 aliphatic carbocycles. The molecule has 0 saturated carbocycles. The average Bonchev–Trinajstić information content (AvgIpc) is 3.06. The molecule has 4 rings (SSSR count). The van der Waals surface area contributed by atoms with Crippen LogP contribution in [0.15, 0.2) is 72.8 Å². The van der Waals surface area contributed by atoms with Gasteiger partial charge < -0.3 is 39.4 Å². The number of hydrogen-bond acceptors (Lipinski definition) is 12. The molecule has 0 heterocycles. The Morgan fingerprint density at radius 3 is 0.705 bits per heavy atom. The van der Waals surface area contributed by atoms with E-state index in [0.29, 0.717) is 70.4 Å². The second-order valence-electron chi connectivity index (χ2n) is 8.20. The number of benzene rings is 4. The van der Waals surface area contributed by atoms with Gasteiger partial charge in [0, 0.05) is 22.3 Å². The lowest BCUT2D eigenvalue weighted by molar-refractivity contribution is 0.111. The summed E-state index contributed by atoms with van der Waals surface area (Å²) < 4.78 is 19.1. The van der Waals surface area contributed by atoms with Crippen LogP contribution in [0.2, 0.25) is 0 Å². The molecule has 0 fully saturated rings. The number of aromatic hydroxyl groups is 4. The summed E-state index contributed by atoms with van der Waals surface area (Å²) in [4.78, 5) is 41.0. The number of ether oxygens (including phenoxy) is 4. The summed E-state index contributed by atoms with van der Waals surface area (Å²) in [5.41, 5.74) is 1.94. The van der Waals surface area contributed by atoms with Gasteiger partial charge in [-0.05, 0) is 72.8 Å². The molecule has 0 bridgehead atoms. The lowest BCUT2D eigenvalue weighted by atomic mass is 10.2. The third-order valence-electron chi connectivity index (χ3n) is 5.36. The van der Waals surface area contributed by atoms with Crippen LogP contribution in [-0.4, -0.2) is 74.0 Å². The van der Waals surface area contributed by atoms with Crippen molar-refractivity contribution < 1.29 is 58.6 Å². The zero-order valence-electron chi connectivity index (χ0n) is 24.3. The fraction of sp³-hybridized carbons (Fsp3) is 0.125. The number of hydrogen-bond donors (Lipinski definition) is 4. The maximum Gasteiger partial charge on any atom is 0.161 e. The number of rotatable bonds is 8. The number of phenols is 4. The minimum absolute atomic E-state index is 0.0399. The highest BCUT2D eigenvalue weighted by molar-refractivity contribution is 5.77. The van der Waals surface area contributed by atoms with Gasteiger partial charge in [0.05, 0.1) is 28.4 Å². The molecule has 0 unspecified atom stereocenters. The summed E-state index contributed by atoms with van der Waals surface area (Å²) >= 11 is 0. The van der Waals surface area contributed by atoms with Crippen LogP contribution in [0.25, 0.3) is 0 Å². The van der Waals surface area contributed by atoms with Gasteiger partial charge in [0.15, 0.2) is 46.0 Å². The molecule has 44 heavy (non-hydrogen) atoms. The van der Waals surface area contributed by atoms with E-state index < -0.39 is 0 Å². The van der Waals surface area contributed by atoms with Crippen LogP contribution < -0.4 is 18.9 Å². The lowest BCUT2D eigenvalue weighted by Gasteiger charge is -2.01. The largest absolute Gasteiger partial charge is 0.504 e. The van der Waals surface area contributed by atoms with Crippen molar-refractivity contribution in [3.63, 3.8) is 0 Å². The van der Waals surface area contributed by atoms with Crippen LogP contribution in [0.1, 0.15) is 41.4 Å². The molecule has 4 N–H and O–H groups in total. The number of phenolic OH excluding ortho intramolecular Hbond substituents is 4. The zero-order valence-corrected chi connectivity index (χ0v) is 24.3. The van der Waals surface area contributed by atoms with Crippen LogP contribution >= 0.6 is 0 Å². The molecule has 0 radical (unpaired) electrons. The van der Waals surface area contributed by atoms with Gasteiger partial charge in [-0.1, -0.05) is 0 Å². The van der Waals surface area contributed by atoms with Crippen LogP contribution in [-0.2, 0) is 0 Å². The van der Waals surface area contributed by atoms with Gasteiger partial charge in [-0.15, -0.1) is 0 Å². The highest BCUT2D eigenvalue weighted by Crippen LogP contribution is 2.27. The molecule has 12 nitrogen and oxygen atoms in total. The Balaban J connectivity index is 0.000000293. The Morgan fingerprint density at radius 1 is 0.386 bits per heavy atom. The second-order valence-corrected chi connectivity index (χ2v) is 8.20. The summed E-state index contributed by atoms with van der Waals surface area (Å²) in [6, 6.07) is 17.6. The van der Waals surface area contributed by atoms with Gasteiger partial charge in [-0.3, -0.25) is 19.2 Å². The monoisotopic (exact) mass is 608 g/mol. The number of carbonyl (C=O) groups is 4. The van der Waals surface area contributed by atoms with E-state index in [1.54, 1.807) is 0 Å². The Hall–Kier alpha value is -6.04. The molecule has 0 aromatic heterocycles. The Kier molecular flexibility index (Phi) is 15.7. The van der Waals surface area contributed by atoms with E-state index >= 15 is 0 Å². The third kappa shape index (κ3) is 11.4. The first-order chi connectivity index (χ1) is 21.1. The van der Waals surface area contributed by atoms with Gasteiger partial charge in [0.2, 0.25) is 0 Å². The van der Waals surface area contributed by atoms with E-state index in [9.17, 15) is 19.2 Å². The Bertz CT molecular complexity index is 1300. The fourth-order valence-electron chi connectivity index (χ4n) is 3.07. The van der Waals surface area contributed by atoms with Gasteiger partial charge in [-0.2, -0.15) is 0 Å². The van der Waals surface area contributed by atoms with Crippen LogP contribution in [0.4, 0.5) is 0 Å². The number of carbonyl (C=O) groups excluding carboxylic acids is 4. The average molecular weight is 609 g/mol. The SMILES string of the molecule is COc1cc(C=O)ccc1O.COc1cc(C=O)ccc1O.COc1cc(C=O)ccc1O.COc1cc(C=O)ccc1O. The molecular formula is C32H32O12. The lowest BCUT2D eigenvalue weighted by Crippen LogP contribution is -1.85. The van der Waals surface area contributed by atoms with Crippen LogP contribution in [0.3, 0.4) is 0 Å². The summed E-state index contributed by atoms with van der Waals surface area (Å²) in [5.74, 6) is 1.42. The number of aldehydes is 4. The molecule has 4 aromatic carbocycles. The predicted molar refractivity (Wildman–Crippen MR) is 160 cm³/mol. The van der Waals surface area contributed by atoms with E-state index in [2.05, 4.69) is 0 Å². The minimum atomic E-state index is 0.0399. The van der Waals surface area contributed by atoms with Crippen molar-refractivity contribution in [1.29, 1.82) is 0 Å². The van der Waals surface area contributed by atoms with Crippen molar-refractivity contribution in [2.24, 2.45) is 0 Å². The maximum atomic E-state index is 10.2. The Morgan fingerprint density at radius 2 is 0.568 bits per heavy atom. The maximum absolute atomic E-state index is 10.2. The van der Waals surface area contributed by atoms with Crippen LogP contribution in [0, 0.1) is 0 Å². The fourth-order valence-corrected chi connectivity index (χ4v) is 3.07. The van der Waals surface area contributed by atoms with Crippen molar-refractivity contribution >= 4 is 25.1 Å². The van der Waals surface area contributed by atoms with E-state index in [1.807, 2.05) is 0 Å². The molecule has 0 spiro atoms. The van der Waals surface area contributed by atoms with E-state index in [1.165, 1.54) is 101 Å². The van der Waals surface area contributed by atoms with Crippen molar-refractivity contribution in [3.05, 3.63) is 95.1 Å². The van der Waals surface area contributed by atoms with E-state index in [4.69, 9.17) is 39.4 Å². The van der Waals surface area contributed by atoms with E-state index in [0.717, 1.165) is 0 Å². The highest BCUT2D eigenvalue weighted by Gasteiger charge is 2.03. The number of methoxy groups -OCH3 is 4. The molecule has 0 aliphatic heterocycles. The molecule has 0 saturated heterocycles. The predicted octanol–water partition coefficient (Wildman–Crippen LogP) is 4.85. The Labute approximate surface area is 253 Å². The molecule has 232 valence electrons. The standard InChI is InChI=1S/4C8H8O3/c4*1-11-8-4-6(5-9)2-3-7(8)10/h4*2-5,10H,1H3. The van der Waals surface area contributed by atoms with Crippen molar-refractivity contribution in [3.8, 4) is 46.0 Å². The molecule has 12 heteroatoms. The molecular weight excluding hydrogens is 576 g/mol. The first-order valence-electron chi connectivity index (χ1n) is 12.4. The third-order valence-corrected chi connectivity index (χ3v) is 5.36. The smallest absolute Gasteiger partial charge is 0.161 e. The molecule has 0 amide bonds. The minimum Gasteiger partial charge on any atom is -0.504 e. The van der Waals surface area contributed by atoms with Crippen molar-refractivity contribution in [2.75, 3.05) is 28.4 Å². The normalized spacial score (nSPS) is 9.18. The molecule has 4 aromatic rings. The van der Waals surface area contributed by atoms with Crippen molar-refractivity contribution in [1.82, 2.24) is 0 Å². The summed E-state index contributed by atoms with van der Waals surface area (Å²) in [6.45, 7) is 0. The van der Waals surface area contributed by atoms with E-state index in [-0.39, 0.29) is 23.0 Å². The van der Waals surface area contributed by atoms with Gasteiger partial charge >= 0.3 is 0 Å². The topological polar surface area (TPSA) is 186 Å². The van der Waals surface area contributed by atoms with Gasteiger partial charge in [-0.25, -0.2) is 0 Å². The zero-order chi connectivity index (χ0) is 33.1. The molecule has 0 aliphatic rings. The van der Waals surface area contributed by atoms with Crippen LogP contribution in [0.5, 0.6) is 46.0 Å².